The molecule has 0 aliphatic heterocycles. The standard InChI is InChI=1S/C25H20O2S3/c1-29-25-9-5-3-7-23(25)19-12-16-21(17-13-19)30(26,27)20-14-10-18(11-15-20)22-6-2-4-8-24(22)28/h2-17,28H,1H3. The van der Waals surface area contributed by atoms with Crippen LogP contribution in [0.25, 0.3) is 22.3 Å². The highest BCUT2D eigenvalue weighted by Crippen LogP contribution is 2.32. The molecule has 0 N–H and O–H groups in total. The Hall–Kier alpha value is -2.47. The lowest BCUT2D eigenvalue weighted by Crippen LogP contribution is -2.01. The summed E-state index contributed by atoms with van der Waals surface area (Å²) in [5.74, 6) is 0. The molecule has 0 saturated carbocycles. The first-order valence-electron chi connectivity index (χ1n) is 9.37. The molecular weight excluding hydrogens is 428 g/mol. The fourth-order valence-corrected chi connectivity index (χ4v) is 5.54. The lowest BCUT2D eigenvalue weighted by atomic mass is 10.1. The van der Waals surface area contributed by atoms with Crippen molar-refractivity contribution in [1.29, 1.82) is 0 Å². The van der Waals surface area contributed by atoms with Gasteiger partial charge in [-0.1, -0.05) is 60.7 Å². The van der Waals surface area contributed by atoms with Gasteiger partial charge in [-0.3, -0.25) is 0 Å². The Morgan fingerprint density at radius 2 is 1.10 bits per heavy atom. The predicted molar refractivity (Wildman–Crippen MR) is 128 cm³/mol. The summed E-state index contributed by atoms with van der Waals surface area (Å²) >= 11 is 6.16. The number of benzene rings is 4. The minimum absolute atomic E-state index is 0.278. The number of thioether (sulfide) groups is 1. The highest BCUT2D eigenvalue weighted by molar-refractivity contribution is 7.98. The van der Waals surface area contributed by atoms with Gasteiger partial charge in [-0.05, 0) is 64.9 Å². The highest BCUT2D eigenvalue weighted by atomic mass is 32.2. The molecule has 4 rings (SSSR count). The topological polar surface area (TPSA) is 34.1 Å². The highest BCUT2D eigenvalue weighted by Gasteiger charge is 2.18. The maximum Gasteiger partial charge on any atom is 0.206 e. The first kappa shape index (κ1) is 20.8. The Morgan fingerprint density at radius 1 is 0.633 bits per heavy atom. The average Bonchev–Trinajstić information content (AvgIpc) is 2.79. The SMILES string of the molecule is CSc1ccccc1-c1ccc(S(=O)(=O)c2ccc(-c3ccccc3S)cc2)cc1. The van der Waals surface area contributed by atoms with E-state index in [-0.39, 0.29) is 9.79 Å². The third kappa shape index (κ3) is 4.06. The van der Waals surface area contributed by atoms with Crippen molar-refractivity contribution in [2.45, 2.75) is 19.6 Å². The summed E-state index contributed by atoms with van der Waals surface area (Å²) in [6.45, 7) is 0. The Morgan fingerprint density at radius 3 is 1.63 bits per heavy atom. The lowest BCUT2D eigenvalue weighted by Gasteiger charge is -2.10. The molecule has 150 valence electrons. The molecule has 0 radical (unpaired) electrons. The van der Waals surface area contributed by atoms with Crippen LogP contribution in [0.15, 0.2) is 117 Å². The zero-order chi connectivity index (χ0) is 21.1. The smallest absolute Gasteiger partial charge is 0.206 e. The van der Waals surface area contributed by atoms with Crippen LogP contribution in [0, 0.1) is 0 Å². The minimum atomic E-state index is -3.59. The summed E-state index contributed by atoms with van der Waals surface area (Å²) in [5, 5.41) is 0. The van der Waals surface area contributed by atoms with Crippen molar-refractivity contribution < 1.29 is 8.42 Å². The monoisotopic (exact) mass is 448 g/mol. The van der Waals surface area contributed by atoms with E-state index in [0.29, 0.717) is 0 Å². The summed E-state index contributed by atoms with van der Waals surface area (Å²) in [6, 6.07) is 29.9. The van der Waals surface area contributed by atoms with E-state index in [0.717, 1.165) is 32.0 Å². The van der Waals surface area contributed by atoms with Crippen molar-refractivity contribution in [2.75, 3.05) is 6.26 Å². The molecule has 4 aromatic rings. The van der Waals surface area contributed by atoms with Crippen LogP contribution in [-0.2, 0) is 9.84 Å². The molecule has 0 aliphatic carbocycles. The first-order chi connectivity index (χ1) is 14.5. The number of sulfone groups is 1. The first-order valence-corrected chi connectivity index (χ1v) is 12.5. The normalized spacial score (nSPS) is 11.4. The molecule has 0 heterocycles. The van der Waals surface area contributed by atoms with Crippen LogP contribution in [0.1, 0.15) is 0 Å². The number of rotatable bonds is 5. The van der Waals surface area contributed by atoms with E-state index in [9.17, 15) is 8.42 Å². The molecule has 0 bridgehead atoms. The van der Waals surface area contributed by atoms with E-state index in [1.807, 2.05) is 73.0 Å². The van der Waals surface area contributed by atoms with Gasteiger partial charge in [0.1, 0.15) is 0 Å². The summed E-state index contributed by atoms with van der Waals surface area (Å²) < 4.78 is 26.2. The molecule has 4 aromatic carbocycles. The molecule has 0 aromatic heterocycles. The van der Waals surface area contributed by atoms with Crippen LogP contribution in [-0.4, -0.2) is 14.7 Å². The van der Waals surface area contributed by atoms with Gasteiger partial charge in [0.05, 0.1) is 9.79 Å². The van der Waals surface area contributed by atoms with Gasteiger partial charge >= 0.3 is 0 Å². The van der Waals surface area contributed by atoms with Crippen LogP contribution in [0.4, 0.5) is 0 Å². The second-order valence-corrected chi connectivity index (χ2v) is 10.0. The predicted octanol–water partition coefficient (Wildman–Crippen LogP) is 6.86. The number of hydrogen-bond acceptors (Lipinski definition) is 4. The molecule has 0 amide bonds. The molecule has 0 saturated heterocycles. The second-order valence-electron chi connectivity index (χ2n) is 6.77. The van der Waals surface area contributed by atoms with Gasteiger partial charge in [-0.25, -0.2) is 8.42 Å². The summed E-state index contributed by atoms with van der Waals surface area (Å²) in [4.78, 5) is 2.58. The number of thiol groups is 1. The summed E-state index contributed by atoms with van der Waals surface area (Å²) in [7, 11) is -3.59. The maximum atomic E-state index is 13.1. The Bertz CT molecular complexity index is 1280. The van der Waals surface area contributed by atoms with Gasteiger partial charge in [-0.2, -0.15) is 0 Å². The maximum absolute atomic E-state index is 13.1. The van der Waals surface area contributed by atoms with Crippen LogP contribution in [0.5, 0.6) is 0 Å². The van der Waals surface area contributed by atoms with Crippen molar-refractivity contribution in [2.24, 2.45) is 0 Å². The minimum Gasteiger partial charge on any atom is -0.219 e. The van der Waals surface area contributed by atoms with Gasteiger partial charge in [-0.15, -0.1) is 24.4 Å². The molecule has 5 heteroatoms. The molecule has 0 unspecified atom stereocenters. The van der Waals surface area contributed by atoms with Crippen molar-refractivity contribution in [3.8, 4) is 22.3 Å². The quantitative estimate of drug-likeness (QED) is 0.267. The van der Waals surface area contributed by atoms with Crippen molar-refractivity contribution in [1.82, 2.24) is 0 Å². The fourth-order valence-electron chi connectivity index (χ4n) is 3.36. The van der Waals surface area contributed by atoms with E-state index in [1.54, 1.807) is 36.0 Å². The molecule has 30 heavy (non-hydrogen) atoms. The van der Waals surface area contributed by atoms with Gasteiger partial charge in [0.2, 0.25) is 9.84 Å². The second kappa shape index (κ2) is 8.72. The zero-order valence-corrected chi connectivity index (χ0v) is 18.8. The van der Waals surface area contributed by atoms with E-state index in [4.69, 9.17) is 0 Å². The van der Waals surface area contributed by atoms with Crippen LogP contribution in [0.3, 0.4) is 0 Å². The van der Waals surface area contributed by atoms with Gasteiger partial charge < -0.3 is 0 Å². The van der Waals surface area contributed by atoms with Crippen LogP contribution >= 0.6 is 24.4 Å². The van der Waals surface area contributed by atoms with E-state index in [1.165, 1.54) is 0 Å². The third-order valence-electron chi connectivity index (χ3n) is 4.96. The van der Waals surface area contributed by atoms with E-state index >= 15 is 0 Å². The Labute approximate surface area is 187 Å². The summed E-state index contributed by atoms with van der Waals surface area (Å²) in [6.07, 6.45) is 2.04. The van der Waals surface area contributed by atoms with Crippen molar-refractivity contribution >= 4 is 34.2 Å². The molecule has 0 spiro atoms. The molecule has 2 nitrogen and oxygen atoms in total. The van der Waals surface area contributed by atoms with Crippen molar-refractivity contribution in [3.05, 3.63) is 97.1 Å². The third-order valence-corrected chi connectivity index (χ3v) is 7.93. The summed E-state index contributed by atoms with van der Waals surface area (Å²) in [5.41, 5.74) is 4.01. The average molecular weight is 449 g/mol. The van der Waals surface area contributed by atoms with Crippen LogP contribution in [0.2, 0.25) is 0 Å². The van der Waals surface area contributed by atoms with Crippen LogP contribution < -0.4 is 0 Å². The van der Waals surface area contributed by atoms with Gasteiger partial charge in [0.15, 0.2) is 0 Å². The van der Waals surface area contributed by atoms with Gasteiger partial charge in [0.25, 0.3) is 0 Å². The molecule has 0 aliphatic rings. The Kier molecular flexibility index (Phi) is 6.04. The largest absolute Gasteiger partial charge is 0.219 e. The van der Waals surface area contributed by atoms with Gasteiger partial charge in [0, 0.05) is 9.79 Å². The zero-order valence-electron chi connectivity index (χ0n) is 16.3. The molecule has 0 atom stereocenters. The number of hydrogen-bond donors (Lipinski definition) is 1. The van der Waals surface area contributed by atoms with E-state index < -0.39 is 9.84 Å². The Balaban J connectivity index is 1.65. The van der Waals surface area contributed by atoms with E-state index in [2.05, 4.69) is 18.7 Å². The molecule has 0 fully saturated rings. The lowest BCUT2D eigenvalue weighted by molar-refractivity contribution is 0.596. The van der Waals surface area contributed by atoms with Crippen molar-refractivity contribution in [3.63, 3.8) is 0 Å². The molecular formula is C25H20O2S3. The fraction of sp³-hybridized carbons (Fsp3) is 0.0400.